The third-order valence-corrected chi connectivity index (χ3v) is 2.17. The van der Waals surface area contributed by atoms with Gasteiger partial charge in [-0.25, -0.2) is 4.39 Å². The third kappa shape index (κ3) is 2.18. The van der Waals surface area contributed by atoms with E-state index in [1.54, 1.807) is 12.2 Å². The summed E-state index contributed by atoms with van der Waals surface area (Å²) in [6, 6.07) is 0. The van der Waals surface area contributed by atoms with E-state index in [0.29, 0.717) is 5.92 Å². The lowest BCUT2D eigenvalue weighted by atomic mass is 9.77. The van der Waals surface area contributed by atoms with Crippen LogP contribution in [-0.2, 0) is 0 Å². The Balaban J connectivity index is 2.63. The van der Waals surface area contributed by atoms with Gasteiger partial charge in [-0.15, -0.1) is 0 Å². The van der Waals surface area contributed by atoms with Crippen molar-refractivity contribution in [1.29, 1.82) is 0 Å². The minimum Gasteiger partial charge on any atom is -0.207 e. The zero-order valence-electron chi connectivity index (χ0n) is 7.39. The topological polar surface area (TPSA) is 0 Å². The zero-order valence-corrected chi connectivity index (χ0v) is 7.39. The van der Waals surface area contributed by atoms with Gasteiger partial charge in [-0.2, -0.15) is 0 Å². The smallest absolute Gasteiger partial charge is 0.118 e. The average molecular weight is 154 g/mol. The van der Waals surface area contributed by atoms with Crippen LogP contribution in [0.1, 0.15) is 27.2 Å². The van der Waals surface area contributed by atoms with Gasteiger partial charge in [-0.3, -0.25) is 0 Å². The van der Waals surface area contributed by atoms with Crippen LogP contribution in [0, 0.1) is 11.3 Å². The van der Waals surface area contributed by atoms with Crippen LogP contribution in [0.15, 0.2) is 24.1 Å². The van der Waals surface area contributed by atoms with Crippen LogP contribution in [0.2, 0.25) is 0 Å². The van der Waals surface area contributed by atoms with Crippen molar-refractivity contribution in [1.82, 2.24) is 0 Å². The van der Waals surface area contributed by atoms with Gasteiger partial charge < -0.3 is 0 Å². The Hall–Kier alpha value is -0.590. The fourth-order valence-electron chi connectivity index (χ4n) is 1.24. The lowest BCUT2D eigenvalue weighted by Gasteiger charge is -2.28. The van der Waals surface area contributed by atoms with E-state index in [1.165, 1.54) is 0 Å². The Morgan fingerprint density at radius 3 is 2.45 bits per heavy atom. The third-order valence-electron chi connectivity index (χ3n) is 2.17. The molecule has 1 aliphatic carbocycles. The summed E-state index contributed by atoms with van der Waals surface area (Å²) < 4.78 is 12.5. The van der Waals surface area contributed by atoms with Gasteiger partial charge in [0.05, 0.1) is 0 Å². The van der Waals surface area contributed by atoms with Crippen molar-refractivity contribution in [3.05, 3.63) is 24.1 Å². The maximum absolute atomic E-state index is 12.5. The molecule has 0 nitrogen and oxygen atoms in total. The molecule has 0 aliphatic heterocycles. The van der Waals surface area contributed by atoms with Gasteiger partial charge in [0.15, 0.2) is 0 Å². The molecule has 1 aliphatic rings. The highest BCUT2D eigenvalue weighted by Gasteiger charge is 2.22. The molecular weight excluding hydrogens is 139 g/mol. The van der Waals surface area contributed by atoms with Crippen molar-refractivity contribution in [3.8, 4) is 0 Å². The van der Waals surface area contributed by atoms with Crippen molar-refractivity contribution >= 4 is 0 Å². The van der Waals surface area contributed by atoms with Crippen LogP contribution in [0.3, 0.4) is 0 Å². The minimum atomic E-state index is -0.0921. The summed E-state index contributed by atoms with van der Waals surface area (Å²) in [5.41, 5.74) is 0.258. The summed E-state index contributed by atoms with van der Waals surface area (Å²) >= 11 is 0. The van der Waals surface area contributed by atoms with Gasteiger partial charge in [-0.1, -0.05) is 26.8 Å². The number of hydrogen-bond donors (Lipinski definition) is 0. The molecule has 0 saturated heterocycles. The first-order chi connectivity index (χ1) is 5.00. The molecule has 0 radical (unpaired) electrons. The second-order valence-electron chi connectivity index (χ2n) is 4.16. The van der Waals surface area contributed by atoms with Crippen molar-refractivity contribution in [2.24, 2.45) is 11.3 Å². The van der Waals surface area contributed by atoms with Crippen molar-refractivity contribution < 1.29 is 4.39 Å². The van der Waals surface area contributed by atoms with Gasteiger partial charge in [0, 0.05) is 0 Å². The highest BCUT2D eigenvalue weighted by atomic mass is 19.1. The summed E-state index contributed by atoms with van der Waals surface area (Å²) in [5, 5.41) is 0. The molecule has 11 heavy (non-hydrogen) atoms. The van der Waals surface area contributed by atoms with Gasteiger partial charge in [-0.05, 0) is 29.9 Å². The van der Waals surface area contributed by atoms with Crippen LogP contribution < -0.4 is 0 Å². The van der Waals surface area contributed by atoms with Gasteiger partial charge in [0.1, 0.15) is 5.83 Å². The largest absolute Gasteiger partial charge is 0.207 e. The second-order valence-corrected chi connectivity index (χ2v) is 4.16. The van der Waals surface area contributed by atoms with Crippen LogP contribution in [-0.4, -0.2) is 0 Å². The van der Waals surface area contributed by atoms with Crippen LogP contribution >= 0.6 is 0 Å². The van der Waals surface area contributed by atoms with E-state index in [0.717, 1.165) is 6.42 Å². The molecule has 0 aromatic rings. The summed E-state index contributed by atoms with van der Waals surface area (Å²) in [6.45, 7) is 6.54. The van der Waals surface area contributed by atoms with E-state index in [9.17, 15) is 4.39 Å². The molecule has 1 rings (SSSR count). The first-order valence-electron chi connectivity index (χ1n) is 4.04. The summed E-state index contributed by atoms with van der Waals surface area (Å²) in [4.78, 5) is 0. The lowest BCUT2D eigenvalue weighted by molar-refractivity contribution is 0.291. The fourth-order valence-corrected chi connectivity index (χ4v) is 1.24. The molecule has 62 valence electrons. The monoisotopic (exact) mass is 154 g/mol. The van der Waals surface area contributed by atoms with E-state index in [-0.39, 0.29) is 11.2 Å². The van der Waals surface area contributed by atoms with E-state index in [2.05, 4.69) is 20.8 Å². The zero-order chi connectivity index (χ0) is 8.48. The van der Waals surface area contributed by atoms with Gasteiger partial charge in [0.25, 0.3) is 0 Å². The van der Waals surface area contributed by atoms with Gasteiger partial charge in [0.2, 0.25) is 0 Å². The van der Waals surface area contributed by atoms with Crippen molar-refractivity contribution in [3.63, 3.8) is 0 Å². The summed E-state index contributed by atoms with van der Waals surface area (Å²) in [5.74, 6) is 0.396. The Bertz CT molecular complexity index is 193. The molecule has 1 heteroatoms. The van der Waals surface area contributed by atoms with E-state index < -0.39 is 0 Å². The summed E-state index contributed by atoms with van der Waals surface area (Å²) in [6.07, 6.45) is 6.04. The Morgan fingerprint density at radius 1 is 1.45 bits per heavy atom. The lowest BCUT2D eigenvalue weighted by Crippen LogP contribution is -2.18. The number of halogens is 1. The fraction of sp³-hybridized carbons (Fsp3) is 0.600. The standard InChI is InChI=1S/C10H15F/c1-10(2,3)8-4-6-9(11)7-5-8/h4,6-8H,5H2,1-3H3. The first-order valence-corrected chi connectivity index (χ1v) is 4.04. The predicted molar refractivity (Wildman–Crippen MR) is 45.9 cm³/mol. The molecule has 0 bridgehead atoms. The average Bonchev–Trinajstić information content (AvgIpc) is 1.86. The summed E-state index contributed by atoms with van der Waals surface area (Å²) in [7, 11) is 0. The van der Waals surface area contributed by atoms with Crippen LogP contribution in [0.5, 0.6) is 0 Å². The molecule has 0 saturated carbocycles. The second kappa shape index (κ2) is 2.80. The number of allylic oxidation sites excluding steroid dienone is 4. The first kappa shape index (κ1) is 8.51. The molecule has 0 fully saturated rings. The number of rotatable bonds is 0. The van der Waals surface area contributed by atoms with Crippen molar-refractivity contribution in [2.45, 2.75) is 27.2 Å². The van der Waals surface area contributed by atoms with Crippen LogP contribution in [0.4, 0.5) is 4.39 Å². The maximum atomic E-state index is 12.5. The quantitative estimate of drug-likeness (QED) is 0.501. The molecule has 0 amide bonds. The van der Waals surface area contributed by atoms with E-state index in [4.69, 9.17) is 0 Å². The molecule has 0 spiro atoms. The van der Waals surface area contributed by atoms with Crippen LogP contribution in [0.25, 0.3) is 0 Å². The molecule has 0 heterocycles. The van der Waals surface area contributed by atoms with E-state index >= 15 is 0 Å². The minimum absolute atomic E-state index is 0.0921. The number of hydrogen-bond acceptors (Lipinski definition) is 0. The Kier molecular flexibility index (Phi) is 2.17. The molecule has 1 atom stereocenters. The molecule has 0 aromatic carbocycles. The molecule has 1 unspecified atom stereocenters. The van der Waals surface area contributed by atoms with E-state index in [1.807, 2.05) is 6.08 Å². The predicted octanol–water partition coefficient (Wildman–Crippen LogP) is 3.46. The SMILES string of the molecule is CC(C)(C)C1C=CC(F)=CC1. The normalized spacial score (nSPS) is 25.1. The molecule has 0 N–H and O–H groups in total. The highest BCUT2D eigenvalue weighted by Crippen LogP contribution is 2.33. The van der Waals surface area contributed by atoms with Gasteiger partial charge >= 0.3 is 0 Å². The maximum Gasteiger partial charge on any atom is 0.118 e. The molecule has 0 aromatic heterocycles. The van der Waals surface area contributed by atoms with Crippen molar-refractivity contribution in [2.75, 3.05) is 0 Å². The Morgan fingerprint density at radius 2 is 2.09 bits per heavy atom. The molecular formula is C10H15F. The highest BCUT2D eigenvalue weighted by molar-refractivity contribution is 5.18. The Labute approximate surface area is 67.8 Å².